The van der Waals surface area contributed by atoms with Gasteiger partial charge in [0.1, 0.15) is 22.3 Å². The molecule has 3 heterocycles. The minimum Gasteiger partial charge on any atom is -0.466 e. The Labute approximate surface area is 262 Å². The largest absolute Gasteiger partial charge is 0.466 e. The van der Waals surface area contributed by atoms with Crippen LogP contribution in [0, 0.1) is 12.7 Å². The van der Waals surface area contributed by atoms with Crippen LogP contribution in [0.25, 0.3) is 15.9 Å². The van der Waals surface area contributed by atoms with Gasteiger partial charge in [0.05, 0.1) is 23.7 Å². The first-order valence-electron chi connectivity index (χ1n) is 14.3. The number of carbonyl (C=O) groups excluding carboxylic acids is 3. The first-order chi connectivity index (χ1) is 21.2. The van der Waals surface area contributed by atoms with Gasteiger partial charge in [-0.1, -0.05) is 30.7 Å². The third kappa shape index (κ3) is 6.44. The van der Waals surface area contributed by atoms with Crippen molar-refractivity contribution in [2.24, 2.45) is 0 Å². The normalized spacial score (nSPS) is 11.2. The number of halogens is 2. The van der Waals surface area contributed by atoms with Crippen LogP contribution >= 0.6 is 22.9 Å². The number of rotatable bonds is 12. The van der Waals surface area contributed by atoms with E-state index in [2.05, 4.69) is 15.5 Å². The van der Waals surface area contributed by atoms with Crippen LogP contribution in [0.5, 0.6) is 0 Å². The van der Waals surface area contributed by atoms with E-state index in [-0.39, 0.29) is 24.7 Å². The van der Waals surface area contributed by atoms with Crippen molar-refractivity contribution in [3.63, 3.8) is 0 Å². The van der Waals surface area contributed by atoms with Crippen molar-refractivity contribution in [1.82, 2.24) is 24.6 Å². The molecule has 5 aromatic rings. The van der Waals surface area contributed by atoms with Crippen LogP contribution in [-0.4, -0.2) is 43.6 Å². The summed E-state index contributed by atoms with van der Waals surface area (Å²) in [7, 11) is 0. The van der Waals surface area contributed by atoms with Crippen molar-refractivity contribution in [3.05, 3.63) is 98.8 Å². The zero-order valence-corrected chi connectivity index (χ0v) is 26.1. The minimum atomic E-state index is -0.416. The molecule has 228 valence electrons. The van der Waals surface area contributed by atoms with Crippen LogP contribution in [0.1, 0.15) is 69.6 Å². The molecule has 0 saturated carbocycles. The maximum Gasteiger partial charge on any atom is 0.305 e. The van der Waals surface area contributed by atoms with E-state index in [1.165, 1.54) is 23.5 Å². The van der Waals surface area contributed by atoms with Crippen molar-refractivity contribution < 1.29 is 23.5 Å². The molecule has 0 aliphatic rings. The monoisotopic (exact) mass is 635 g/mol. The van der Waals surface area contributed by atoms with Gasteiger partial charge in [0.25, 0.3) is 5.91 Å². The quantitative estimate of drug-likeness (QED) is 0.125. The Kier molecular flexibility index (Phi) is 9.55. The molecule has 0 fully saturated rings. The fraction of sp³-hybridized carbons (Fsp3) is 0.281. The fourth-order valence-corrected chi connectivity index (χ4v) is 6.43. The van der Waals surface area contributed by atoms with E-state index in [1.807, 2.05) is 13.0 Å². The average Bonchev–Trinajstić information content (AvgIpc) is 3.70. The van der Waals surface area contributed by atoms with Crippen molar-refractivity contribution in [3.8, 4) is 5.00 Å². The highest BCUT2D eigenvalue weighted by atomic mass is 35.5. The number of benzene rings is 2. The minimum absolute atomic E-state index is 0.0114. The SMILES string of the molecule is CCOC(=O)CCCn1c(C(=O)NCc2nnc(C)n2-c2sc(CC)cc2C(=O)c2ccccc2Cl)cc2cc(F)ccc21. The highest BCUT2D eigenvalue weighted by molar-refractivity contribution is 7.15. The summed E-state index contributed by atoms with van der Waals surface area (Å²) < 4.78 is 22.6. The Bertz CT molecular complexity index is 1860. The number of aromatic nitrogens is 4. The summed E-state index contributed by atoms with van der Waals surface area (Å²) in [5.41, 5.74) is 1.85. The van der Waals surface area contributed by atoms with Crippen molar-refractivity contribution in [2.45, 2.75) is 53.1 Å². The maximum absolute atomic E-state index is 14.0. The molecule has 3 aromatic heterocycles. The molecule has 0 aliphatic heterocycles. The molecule has 2 aromatic carbocycles. The lowest BCUT2D eigenvalue weighted by Gasteiger charge is -2.12. The number of nitrogens with zero attached hydrogens (tertiary/aromatic N) is 4. The van der Waals surface area contributed by atoms with Gasteiger partial charge in [0.15, 0.2) is 11.6 Å². The molecule has 1 amide bonds. The lowest BCUT2D eigenvalue weighted by molar-refractivity contribution is -0.143. The standard InChI is InChI=1S/C32H31ClFN5O4S/c1-4-22-17-24(30(41)23-9-6-7-10-25(23)33)32(44-22)39-19(3)36-37-28(39)18-35-31(42)27-16-20-15-21(34)12-13-26(20)38(27)14-8-11-29(40)43-5-2/h6-7,9-10,12-13,15-17H,4-5,8,11,14,18H2,1-3H3,(H,35,42). The predicted molar refractivity (Wildman–Crippen MR) is 167 cm³/mol. The molecule has 0 radical (unpaired) electrons. The van der Waals surface area contributed by atoms with Crippen molar-refractivity contribution in [2.75, 3.05) is 6.61 Å². The molecule has 0 bridgehead atoms. The predicted octanol–water partition coefficient (Wildman–Crippen LogP) is 6.45. The van der Waals surface area contributed by atoms with E-state index in [9.17, 15) is 18.8 Å². The fourth-order valence-electron chi connectivity index (χ4n) is 5.05. The van der Waals surface area contributed by atoms with E-state index in [0.717, 1.165) is 11.3 Å². The number of ketones is 1. The van der Waals surface area contributed by atoms with Crippen LogP contribution in [-0.2, 0) is 29.0 Å². The van der Waals surface area contributed by atoms with E-state index < -0.39 is 11.7 Å². The molecule has 0 spiro atoms. The lowest BCUT2D eigenvalue weighted by Crippen LogP contribution is -2.27. The summed E-state index contributed by atoms with van der Waals surface area (Å²) in [6.45, 7) is 6.20. The molecule has 0 aliphatic carbocycles. The van der Waals surface area contributed by atoms with Gasteiger partial charge in [-0.2, -0.15) is 0 Å². The number of nitrogens with one attached hydrogen (secondary N) is 1. The van der Waals surface area contributed by atoms with E-state index >= 15 is 0 Å². The third-order valence-corrected chi connectivity index (χ3v) is 8.74. The third-order valence-electron chi connectivity index (χ3n) is 7.14. The lowest BCUT2D eigenvalue weighted by atomic mass is 10.0. The Hall–Kier alpha value is -4.35. The molecule has 0 atom stereocenters. The summed E-state index contributed by atoms with van der Waals surface area (Å²) in [6, 6.07) is 14.7. The van der Waals surface area contributed by atoms with Crippen molar-refractivity contribution in [1.29, 1.82) is 0 Å². The number of thiophene rings is 1. The van der Waals surface area contributed by atoms with Gasteiger partial charge in [-0.05, 0) is 69.2 Å². The van der Waals surface area contributed by atoms with Gasteiger partial charge >= 0.3 is 5.97 Å². The zero-order valence-electron chi connectivity index (χ0n) is 24.5. The van der Waals surface area contributed by atoms with Crippen molar-refractivity contribution >= 4 is 51.5 Å². The summed E-state index contributed by atoms with van der Waals surface area (Å²) in [5, 5.41) is 13.0. The van der Waals surface area contributed by atoms with Crippen LogP contribution in [0.4, 0.5) is 4.39 Å². The number of ether oxygens (including phenoxy) is 1. The zero-order chi connectivity index (χ0) is 31.4. The Morgan fingerprint density at radius 1 is 1.05 bits per heavy atom. The number of aryl methyl sites for hydroxylation is 3. The van der Waals surface area contributed by atoms with Gasteiger partial charge in [-0.15, -0.1) is 21.5 Å². The number of hydrogen-bond donors (Lipinski definition) is 1. The average molecular weight is 636 g/mol. The molecule has 5 rings (SSSR count). The molecule has 9 nitrogen and oxygen atoms in total. The molecule has 0 saturated heterocycles. The van der Waals surface area contributed by atoms with Gasteiger partial charge in [-0.25, -0.2) is 4.39 Å². The molecule has 1 N–H and O–H groups in total. The number of fused-ring (bicyclic) bond motifs is 1. The van der Waals surface area contributed by atoms with E-state index in [4.69, 9.17) is 16.3 Å². The second kappa shape index (κ2) is 13.5. The van der Waals surface area contributed by atoms with Crippen LogP contribution in [0.2, 0.25) is 5.02 Å². The maximum atomic E-state index is 14.0. The molecular formula is C32H31ClFN5O4S. The van der Waals surface area contributed by atoms with Gasteiger partial charge in [-0.3, -0.25) is 19.0 Å². The molecule has 44 heavy (non-hydrogen) atoms. The number of carbonyl (C=O) groups is 3. The summed E-state index contributed by atoms with van der Waals surface area (Å²) >= 11 is 7.82. The van der Waals surface area contributed by atoms with Crippen LogP contribution in [0.3, 0.4) is 0 Å². The second-order valence-corrected chi connectivity index (χ2v) is 11.6. The molecular weight excluding hydrogens is 605 g/mol. The first kappa shape index (κ1) is 31.1. The smallest absolute Gasteiger partial charge is 0.305 e. The first-order valence-corrected chi connectivity index (χ1v) is 15.5. The molecule has 0 unspecified atom stereocenters. The summed E-state index contributed by atoms with van der Waals surface area (Å²) in [5.74, 6) is -0.369. The Morgan fingerprint density at radius 2 is 1.84 bits per heavy atom. The summed E-state index contributed by atoms with van der Waals surface area (Å²) in [6.07, 6.45) is 1.35. The Morgan fingerprint density at radius 3 is 2.59 bits per heavy atom. The molecule has 12 heteroatoms. The number of esters is 1. The topological polar surface area (TPSA) is 108 Å². The highest BCUT2D eigenvalue weighted by Gasteiger charge is 2.24. The van der Waals surface area contributed by atoms with Gasteiger partial charge in [0.2, 0.25) is 0 Å². The van der Waals surface area contributed by atoms with E-state index in [1.54, 1.807) is 59.4 Å². The van der Waals surface area contributed by atoms with Gasteiger partial charge in [0, 0.05) is 34.3 Å². The van der Waals surface area contributed by atoms with Gasteiger partial charge < -0.3 is 14.6 Å². The second-order valence-electron chi connectivity index (χ2n) is 10.1. The van der Waals surface area contributed by atoms with E-state index in [0.29, 0.717) is 69.0 Å². The number of amides is 1. The number of hydrogen-bond acceptors (Lipinski definition) is 7. The van der Waals surface area contributed by atoms with Crippen LogP contribution in [0.15, 0.2) is 54.6 Å². The highest BCUT2D eigenvalue weighted by Crippen LogP contribution is 2.32. The van der Waals surface area contributed by atoms with Crippen LogP contribution < -0.4 is 5.32 Å². The summed E-state index contributed by atoms with van der Waals surface area (Å²) in [4.78, 5) is 40.1. The Balaban J connectivity index is 1.43.